The molecule has 1 aliphatic carbocycles. The summed E-state index contributed by atoms with van der Waals surface area (Å²) in [5.74, 6) is 1.31. The first kappa shape index (κ1) is 15.0. The molecule has 0 aromatic carbocycles. The molecule has 0 heterocycles. The van der Waals surface area contributed by atoms with Crippen molar-refractivity contribution in [2.75, 3.05) is 18.1 Å². The lowest BCUT2D eigenvalue weighted by Gasteiger charge is -2.30. The second kappa shape index (κ2) is 7.37. The minimum absolute atomic E-state index is 0.259. The Morgan fingerprint density at radius 2 is 1.82 bits per heavy atom. The van der Waals surface area contributed by atoms with Crippen LogP contribution in [0.4, 0.5) is 0 Å². The highest BCUT2D eigenvalue weighted by atomic mass is 32.2. The van der Waals surface area contributed by atoms with Crippen LogP contribution in [-0.2, 0) is 9.84 Å². The molecule has 0 aromatic heterocycles. The molecule has 0 radical (unpaired) electrons. The molecule has 4 heteroatoms. The van der Waals surface area contributed by atoms with Crippen LogP contribution in [0.25, 0.3) is 0 Å². The van der Waals surface area contributed by atoms with Crippen LogP contribution in [0.15, 0.2) is 0 Å². The Morgan fingerprint density at radius 3 is 2.35 bits per heavy atom. The second-order valence-corrected chi connectivity index (χ2v) is 7.58. The van der Waals surface area contributed by atoms with Gasteiger partial charge in [-0.1, -0.05) is 33.1 Å². The average molecular weight is 261 g/mol. The van der Waals surface area contributed by atoms with E-state index in [9.17, 15) is 8.42 Å². The normalized spacial score (nSPS) is 20.4. The zero-order chi connectivity index (χ0) is 12.7. The lowest BCUT2D eigenvalue weighted by molar-refractivity contribution is 0.266. The van der Waals surface area contributed by atoms with Crippen LogP contribution in [-0.4, -0.2) is 32.5 Å². The first-order valence-corrected chi connectivity index (χ1v) is 8.85. The predicted molar refractivity (Wildman–Crippen MR) is 73.0 cm³/mol. The summed E-state index contributed by atoms with van der Waals surface area (Å²) in [5.41, 5.74) is 0. The minimum Gasteiger partial charge on any atom is -0.313 e. The third-order valence-corrected chi connectivity index (χ3v) is 5.62. The van der Waals surface area contributed by atoms with Gasteiger partial charge in [0.1, 0.15) is 0 Å². The van der Waals surface area contributed by atoms with Crippen molar-refractivity contribution < 1.29 is 8.42 Å². The summed E-state index contributed by atoms with van der Waals surface area (Å²) < 4.78 is 22.8. The third kappa shape index (κ3) is 5.38. The standard InChI is InChI=1S/C13H27NO2S/c1-3-13(12-8-6-5-7-9-12)14-10-11-17(15,16)4-2/h12-14H,3-11H2,1-2H3. The molecule has 102 valence electrons. The lowest BCUT2D eigenvalue weighted by atomic mass is 9.83. The third-order valence-electron chi connectivity index (χ3n) is 3.92. The average Bonchev–Trinajstić information content (AvgIpc) is 2.36. The van der Waals surface area contributed by atoms with Crippen LogP contribution in [0.2, 0.25) is 0 Å². The van der Waals surface area contributed by atoms with Crippen molar-refractivity contribution in [1.29, 1.82) is 0 Å². The molecule has 0 aliphatic heterocycles. The molecule has 1 unspecified atom stereocenters. The molecule has 1 fully saturated rings. The summed E-state index contributed by atoms with van der Waals surface area (Å²) >= 11 is 0. The van der Waals surface area contributed by atoms with Crippen LogP contribution in [0.3, 0.4) is 0 Å². The fourth-order valence-electron chi connectivity index (χ4n) is 2.73. The van der Waals surface area contributed by atoms with Gasteiger partial charge in [0.25, 0.3) is 0 Å². The van der Waals surface area contributed by atoms with E-state index in [1.165, 1.54) is 32.1 Å². The molecule has 1 saturated carbocycles. The number of hydrogen-bond donors (Lipinski definition) is 1. The second-order valence-electron chi connectivity index (χ2n) is 5.10. The largest absolute Gasteiger partial charge is 0.313 e. The van der Waals surface area contributed by atoms with Gasteiger partial charge in [0.15, 0.2) is 9.84 Å². The summed E-state index contributed by atoms with van der Waals surface area (Å²) in [6.45, 7) is 4.53. The number of rotatable bonds is 7. The van der Waals surface area contributed by atoms with Crippen molar-refractivity contribution in [3.63, 3.8) is 0 Å². The molecule has 3 nitrogen and oxygen atoms in total. The molecule has 1 aliphatic rings. The van der Waals surface area contributed by atoms with E-state index in [0.29, 0.717) is 12.6 Å². The highest BCUT2D eigenvalue weighted by Gasteiger charge is 2.22. The molecular formula is C13H27NO2S. The van der Waals surface area contributed by atoms with Gasteiger partial charge in [-0.25, -0.2) is 8.42 Å². The fraction of sp³-hybridized carbons (Fsp3) is 1.00. The molecule has 0 bridgehead atoms. The Morgan fingerprint density at radius 1 is 1.18 bits per heavy atom. The number of nitrogens with one attached hydrogen (secondary N) is 1. The zero-order valence-corrected chi connectivity index (χ0v) is 12.1. The SMILES string of the molecule is CCC(NCCS(=O)(=O)CC)C1CCCCC1. The van der Waals surface area contributed by atoms with E-state index < -0.39 is 9.84 Å². The Kier molecular flexibility index (Phi) is 6.49. The highest BCUT2D eigenvalue weighted by molar-refractivity contribution is 7.91. The van der Waals surface area contributed by atoms with E-state index in [1.807, 2.05) is 0 Å². The van der Waals surface area contributed by atoms with Gasteiger partial charge >= 0.3 is 0 Å². The zero-order valence-electron chi connectivity index (χ0n) is 11.2. The number of hydrogen-bond acceptors (Lipinski definition) is 3. The lowest BCUT2D eigenvalue weighted by Crippen LogP contribution is -2.39. The highest BCUT2D eigenvalue weighted by Crippen LogP contribution is 2.27. The van der Waals surface area contributed by atoms with Crippen molar-refractivity contribution in [2.24, 2.45) is 5.92 Å². The Hall–Kier alpha value is -0.0900. The smallest absolute Gasteiger partial charge is 0.151 e. The van der Waals surface area contributed by atoms with Crippen molar-refractivity contribution in [3.8, 4) is 0 Å². The van der Waals surface area contributed by atoms with Crippen LogP contribution in [0.1, 0.15) is 52.4 Å². The van der Waals surface area contributed by atoms with Gasteiger partial charge in [0, 0.05) is 18.3 Å². The van der Waals surface area contributed by atoms with Crippen molar-refractivity contribution in [2.45, 2.75) is 58.4 Å². The van der Waals surface area contributed by atoms with Gasteiger partial charge in [-0.3, -0.25) is 0 Å². The van der Waals surface area contributed by atoms with Gasteiger partial charge < -0.3 is 5.32 Å². The first-order chi connectivity index (χ1) is 8.09. The first-order valence-electron chi connectivity index (χ1n) is 7.03. The molecular weight excluding hydrogens is 234 g/mol. The van der Waals surface area contributed by atoms with Crippen molar-refractivity contribution >= 4 is 9.84 Å². The maximum Gasteiger partial charge on any atom is 0.151 e. The molecule has 1 rings (SSSR count). The van der Waals surface area contributed by atoms with Gasteiger partial charge in [0.2, 0.25) is 0 Å². The Bertz CT molecular complexity index is 295. The van der Waals surface area contributed by atoms with Gasteiger partial charge in [-0.2, -0.15) is 0 Å². The monoisotopic (exact) mass is 261 g/mol. The Balaban J connectivity index is 2.31. The van der Waals surface area contributed by atoms with Crippen LogP contribution in [0.5, 0.6) is 0 Å². The number of sulfone groups is 1. The summed E-state index contributed by atoms with van der Waals surface area (Å²) in [7, 11) is -2.82. The Labute approximate surface area is 106 Å². The molecule has 1 atom stereocenters. The quantitative estimate of drug-likeness (QED) is 0.765. The van der Waals surface area contributed by atoms with E-state index in [1.54, 1.807) is 6.92 Å². The fourth-order valence-corrected chi connectivity index (χ4v) is 3.44. The molecule has 0 aromatic rings. The van der Waals surface area contributed by atoms with E-state index in [0.717, 1.165) is 12.3 Å². The van der Waals surface area contributed by atoms with Crippen molar-refractivity contribution in [3.05, 3.63) is 0 Å². The summed E-state index contributed by atoms with van der Waals surface area (Å²) in [6.07, 6.45) is 7.79. The van der Waals surface area contributed by atoms with E-state index in [4.69, 9.17) is 0 Å². The van der Waals surface area contributed by atoms with Crippen LogP contribution >= 0.6 is 0 Å². The molecule has 0 amide bonds. The molecule has 17 heavy (non-hydrogen) atoms. The maximum absolute atomic E-state index is 11.4. The van der Waals surface area contributed by atoms with Gasteiger partial charge in [-0.05, 0) is 25.2 Å². The van der Waals surface area contributed by atoms with Gasteiger partial charge in [-0.15, -0.1) is 0 Å². The van der Waals surface area contributed by atoms with Crippen molar-refractivity contribution in [1.82, 2.24) is 5.32 Å². The predicted octanol–water partition coefficient (Wildman–Crippen LogP) is 2.37. The molecule has 0 saturated heterocycles. The van der Waals surface area contributed by atoms with E-state index in [2.05, 4.69) is 12.2 Å². The van der Waals surface area contributed by atoms with E-state index in [-0.39, 0.29) is 11.5 Å². The summed E-state index contributed by atoms with van der Waals surface area (Å²) in [5, 5.41) is 3.45. The van der Waals surface area contributed by atoms with Gasteiger partial charge in [0.05, 0.1) is 5.75 Å². The molecule has 1 N–H and O–H groups in total. The summed E-state index contributed by atoms with van der Waals surface area (Å²) in [4.78, 5) is 0. The van der Waals surface area contributed by atoms with Crippen LogP contribution < -0.4 is 5.32 Å². The van der Waals surface area contributed by atoms with Crippen LogP contribution in [0, 0.1) is 5.92 Å². The van der Waals surface area contributed by atoms with E-state index >= 15 is 0 Å². The molecule has 0 spiro atoms. The maximum atomic E-state index is 11.4. The topological polar surface area (TPSA) is 46.2 Å². The summed E-state index contributed by atoms with van der Waals surface area (Å²) in [6, 6.07) is 0.516. The minimum atomic E-state index is -2.82.